The second kappa shape index (κ2) is 8.38. The molecule has 2 fully saturated rings. The summed E-state index contributed by atoms with van der Waals surface area (Å²) in [5, 5.41) is 3.18. The average molecular weight is 375 g/mol. The molecule has 6 nitrogen and oxygen atoms in total. The van der Waals surface area contributed by atoms with E-state index in [1.54, 1.807) is 7.11 Å². The first kappa shape index (κ1) is 19.8. The van der Waals surface area contributed by atoms with Gasteiger partial charge in [-0.3, -0.25) is 0 Å². The number of hydrogen-bond acceptors (Lipinski definition) is 4. The fourth-order valence-electron chi connectivity index (χ4n) is 4.37. The molecule has 27 heavy (non-hydrogen) atoms. The number of hydrogen-bond donors (Lipinski definition) is 1. The Kier molecular flexibility index (Phi) is 6.15. The number of methoxy groups -OCH3 is 1. The maximum absolute atomic E-state index is 12.7. The smallest absolute Gasteiger partial charge is 0.317 e. The second-order valence-corrected chi connectivity index (χ2v) is 8.54. The summed E-state index contributed by atoms with van der Waals surface area (Å²) in [6, 6.07) is 8.23. The minimum atomic E-state index is -0.132. The van der Waals surface area contributed by atoms with Crippen LogP contribution in [0.2, 0.25) is 0 Å². The molecule has 1 N–H and O–H groups in total. The van der Waals surface area contributed by atoms with Crippen LogP contribution in [0.5, 0.6) is 5.75 Å². The summed E-state index contributed by atoms with van der Waals surface area (Å²) in [7, 11) is 3.85. The predicted molar refractivity (Wildman–Crippen MR) is 110 cm³/mol. The minimum absolute atomic E-state index is 0.0709. The van der Waals surface area contributed by atoms with Crippen molar-refractivity contribution in [3.8, 4) is 5.75 Å². The fraction of sp³-hybridized carbons (Fsp3) is 0.667. The summed E-state index contributed by atoms with van der Waals surface area (Å²) in [5.41, 5.74) is 1.01. The van der Waals surface area contributed by atoms with Gasteiger partial charge in [0.25, 0.3) is 0 Å². The lowest BCUT2D eigenvalue weighted by atomic mass is 9.97. The van der Waals surface area contributed by atoms with Crippen molar-refractivity contribution in [3.05, 3.63) is 24.3 Å². The Labute approximate surface area is 163 Å². The van der Waals surface area contributed by atoms with Crippen molar-refractivity contribution in [3.63, 3.8) is 0 Å². The van der Waals surface area contributed by atoms with E-state index in [0.29, 0.717) is 12.5 Å². The van der Waals surface area contributed by atoms with Crippen LogP contribution in [-0.4, -0.2) is 74.8 Å². The molecular formula is C21H34N4O2. The van der Waals surface area contributed by atoms with Crippen molar-refractivity contribution < 1.29 is 9.53 Å². The maximum atomic E-state index is 12.7. The van der Waals surface area contributed by atoms with E-state index in [1.807, 2.05) is 17.0 Å². The fourth-order valence-corrected chi connectivity index (χ4v) is 4.37. The third-order valence-corrected chi connectivity index (χ3v) is 5.82. The highest BCUT2D eigenvalue weighted by molar-refractivity contribution is 5.75. The molecule has 0 spiro atoms. The number of amides is 2. The number of piperazine rings is 1. The molecule has 6 heteroatoms. The lowest BCUT2D eigenvalue weighted by Gasteiger charge is -2.48. The molecule has 0 bridgehead atoms. The molecule has 0 aromatic heterocycles. The Morgan fingerprint density at radius 2 is 2.11 bits per heavy atom. The van der Waals surface area contributed by atoms with Gasteiger partial charge in [-0.1, -0.05) is 6.07 Å². The molecular weight excluding hydrogens is 340 g/mol. The van der Waals surface area contributed by atoms with E-state index in [-0.39, 0.29) is 11.6 Å². The molecule has 1 atom stereocenters. The van der Waals surface area contributed by atoms with Crippen molar-refractivity contribution >= 4 is 11.7 Å². The molecule has 3 rings (SSSR count). The van der Waals surface area contributed by atoms with Crippen LogP contribution in [0.25, 0.3) is 0 Å². The lowest BCUT2D eigenvalue weighted by Crippen LogP contribution is -2.62. The number of nitrogens with zero attached hydrogens (tertiary/aromatic N) is 3. The van der Waals surface area contributed by atoms with Gasteiger partial charge in [-0.15, -0.1) is 0 Å². The number of likely N-dealkylation sites (tertiary alicyclic amines) is 1. The maximum Gasteiger partial charge on any atom is 0.317 e. The van der Waals surface area contributed by atoms with Crippen molar-refractivity contribution in [1.29, 1.82) is 0 Å². The summed E-state index contributed by atoms with van der Waals surface area (Å²) >= 11 is 0. The van der Waals surface area contributed by atoms with Crippen molar-refractivity contribution in [2.45, 2.75) is 32.2 Å². The first-order valence-corrected chi connectivity index (χ1v) is 10.0. The van der Waals surface area contributed by atoms with Gasteiger partial charge in [0.15, 0.2) is 0 Å². The van der Waals surface area contributed by atoms with Gasteiger partial charge in [0.2, 0.25) is 0 Å². The normalized spacial score (nSPS) is 23.2. The van der Waals surface area contributed by atoms with Crippen LogP contribution in [-0.2, 0) is 0 Å². The SMILES string of the molecule is COc1cccc(N2CCN(C(=O)NC[C@H]3CCCN(C)C3)CC2(C)C)c1. The number of carbonyl (C=O) groups excluding carboxylic acids is 1. The van der Waals surface area contributed by atoms with E-state index in [1.165, 1.54) is 19.4 Å². The van der Waals surface area contributed by atoms with E-state index in [2.05, 4.69) is 48.1 Å². The van der Waals surface area contributed by atoms with Gasteiger partial charge in [0.1, 0.15) is 5.75 Å². The highest BCUT2D eigenvalue weighted by Gasteiger charge is 2.36. The Balaban J connectivity index is 1.56. The van der Waals surface area contributed by atoms with E-state index in [9.17, 15) is 4.79 Å². The zero-order valence-electron chi connectivity index (χ0n) is 17.2. The zero-order chi connectivity index (χ0) is 19.4. The highest BCUT2D eigenvalue weighted by atomic mass is 16.5. The molecule has 0 unspecified atom stereocenters. The van der Waals surface area contributed by atoms with Gasteiger partial charge in [0, 0.05) is 44.5 Å². The molecule has 1 aromatic rings. The Morgan fingerprint density at radius 3 is 2.81 bits per heavy atom. The van der Waals surface area contributed by atoms with Crippen molar-refractivity contribution in [1.82, 2.24) is 15.1 Å². The summed E-state index contributed by atoms with van der Waals surface area (Å²) < 4.78 is 5.37. The Morgan fingerprint density at radius 1 is 1.30 bits per heavy atom. The predicted octanol–water partition coefficient (Wildman–Crippen LogP) is 2.65. The number of nitrogens with one attached hydrogen (secondary N) is 1. The minimum Gasteiger partial charge on any atom is -0.497 e. The molecule has 2 aliphatic rings. The largest absolute Gasteiger partial charge is 0.497 e. The number of carbonyl (C=O) groups is 1. The number of ether oxygens (including phenoxy) is 1. The standard InChI is InChI=1S/C21H34N4O2/c1-21(2)16-24(20(26)22-14-17-7-6-10-23(3)15-17)11-12-25(21)18-8-5-9-19(13-18)27-4/h5,8-9,13,17H,6-7,10-12,14-16H2,1-4H3,(H,22,26)/t17-/m1/s1. The Bertz CT molecular complexity index is 649. The average Bonchev–Trinajstić information content (AvgIpc) is 2.65. The highest BCUT2D eigenvalue weighted by Crippen LogP contribution is 2.30. The topological polar surface area (TPSA) is 48.1 Å². The monoisotopic (exact) mass is 374 g/mol. The van der Waals surface area contributed by atoms with Crippen LogP contribution >= 0.6 is 0 Å². The van der Waals surface area contributed by atoms with Crippen LogP contribution in [0.1, 0.15) is 26.7 Å². The van der Waals surface area contributed by atoms with Gasteiger partial charge in [-0.2, -0.15) is 0 Å². The first-order chi connectivity index (χ1) is 12.9. The van der Waals surface area contributed by atoms with Gasteiger partial charge in [0.05, 0.1) is 12.6 Å². The van der Waals surface area contributed by atoms with Gasteiger partial charge < -0.3 is 24.8 Å². The van der Waals surface area contributed by atoms with Crippen LogP contribution in [0.4, 0.5) is 10.5 Å². The quantitative estimate of drug-likeness (QED) is 0.880. The van der Waals surface area contributed by atoms with E-state index in [4.69, 9.17) is 4.74 Å². The Hall–Kier alpha value is -1.95. The van der Waals surface area contributed by atoms with Crippen molar-refractivity contribution in [2.24, 2.45) is 5.92 Å². The molecule has 2 heterocycles. The summed E-state index contributed by atoms with van der Waals surface area (Å²) in [4.78, 5) is 19.4. The number of piperidine rings is 1. The number of anilines is 1. The van der Waals surface area contributed by atoms with Gasteiger partial charge >= 0.3 is 6.03 Å². The molecule has 0 saturated carbocycles. The molecule has 0 radical (unpaired) electrons. The third kappa shape index (κ3) is 4.86. The van der Waals surface area contributed by atoms with Crippen LogP contribution in [0.15, 0.2) is 24.3 Å². The van der Waals surface area contributed by atoms with Gasteiger partial charge in [-0.05, 0) is 58.3 Å². The van der Waals surface area contributed by atoms with Crippen molar-refractivity contribution in [2.75, 3.05) is 58.3 Å². The molecule has 0 aliphatic carbocycles. The molecule has 1 aromatic carbocycles. The van der Waals surface area contributed by atoms with Crippen LogP contribution in [0, 0.1) is 5.92 Å². The number of benzene rings is 1. The van der Waals surface area contributed by atoms with E-state index < -0.39 is 0 Å². The molecule has 2 aliphatic heterocycles. The molecule has 150 valence electrons. The van der Waals surface area contributed by atoms with E-state index in [0.717, 1.165) is 37.6 Å². The van der Waals surface area contributed by atoms with Gasteiger partial charge in [-0.25, -0.2) is 4.79 Å². The number of urea groups is 1. The third-order valence-electron chi connectivity index (χ3n) is 5.82. The van der Waals surface area contributed by atoms with Crippen LogP contribution in [0.3, 0.4) is 0 Å². The van der Waals surface area contributed by atoms with Crippen LogP contribution < -0.4 is 15.0 Å². The summed E-state index contributed by atoms with van der Waals surface area (Å²) in [5.74, 6) is 1.43. The summed E-state index contributed by atoms with van der Waals surface area (Å²) in [6.45, 7) is 9.68. The molecule has 2 saturated heterocycles. The first-order valence-electron chi connectivity index (χ1n) is 10.0. The zero-order valence-corrected chi connectivity index (χ0v) is 17.2. The van der Waals surface area contributed by atoms with E-state index >= 15 is 0 Å². The second-order valence-electron chi connectivity index (χ2n) is 8.54. The lowest BCUT2D eigenvalue weighted by molar-refractivity contribution is 0.162. The summed E-state index contributed by atoms with van der Waals surface area (Å²) in [6.07, 6.45) is 2.43. The molecule has 2 amide bonds. The number of rotatable bonds is 4.